The molecule has 3 heterocycles. The normalized spacial score (nSPS) is 9.05. The van der Waals surface area contributed by atoms with Gasteiger partial charge in [-0.25, -0.2) is 9.97 Å². The van der Waals surface area contributed by atoms with Crippen LogP contribution >= 0.6 is 11.3 Å². The molecule has 0 aliphatic rings. The highest BCUT2D eigenvalue weighted by molar-refractivity contribution is 7.07. The minimum atomic E-state index is 0.845. The summed E-state index contributed by atoms with van der Waals surface area (Å²) in [5.74, 6) is 0. The van der Waals surface area contributed by atoms with Crippen molar-refractivity contribution in [3.63, 3.8) is 0 Å². The first-order valence-electron chi connectivity index (χ1n) is 5.39. The molecule has 0 saturated carbocycles. The van der Waals surface area contributed by atoms with Crippen LogP contribution in [0.1, 0.15) is 0 Å². The van der Waals surface area contributed by atoms with Crippen molar-refractivity contribution < 1.29 is 8.83 Å². The largest absolute Gasteiger partial charge is 0.452 e. The first-order valence-corrected chi connectivity index (χ1v) is 6.33. The minimum Gasteiger partial charge on any atom is -0.452 e. The van der Waals surface area contributed by atoms with Gasteiger partial charge in [-0.1, -0.05) is 12.1 Å². The topological polar surface area (TPSA) is 65.0 Å². The molecule has 0 atom stereocenters. The van der Waals surface area contributed by atoms with Crippen LogP contribution in [-0.2, 0) is 0 Å². The maximum atomic E-state index is 5.01. The molecule has 1 aromatic carbocycles. The average molecular weight is 273 g/mol. The molecule has 96 valence electrons. The van der Waals surface area contributed by atoms with E-state index in [1.807, 2.05) is 29.6 Å². The number of hydrogen-bond acceptors (Lipinski definition) is 6. The number of oxazole rings is 2. The van der Waals surface area contributed by atoms with Gasteiger partial charge in [-0.05, 0) is 12.1 Å². The molecular formula is C13H11N3O2S. The zero-order valence-corrected chi connectivity index (χ0v) is 10.7. The number of thiazole rings is 1. The molecule has 5 nitrogen and oxygen atoms in total. The Morgan fingerprint density at radius 3 is 2.47 bits per heavy atom. The fourth-order valence-electron chi connectivity index (χ4n) is 1.15. The number of benzene rings is 1. The van der Waals surface area contributed by atoms with Crippen LogP contribution in [0.5, 0.6) is 0 Å². The van der Waals surface area contributed by atoms with Gasteiger partial charge < -0.3 is 8.83 Å². The van der Waals surface area contributed by atoms with Crippen molar-refractivity contribution in [1.82, 2.24) is 15.0 Å². The fourth-order valence-corrected chi connectivity index (χ4v) is 1.51. The van der Waals surface area contributed by atoms with Gasteiger partial charge in [-0.2, -0.15) is 0 Å². The number of aromatic nitrogens is 3. The summed E-state index contributed by atoms with van der Waals surface area (Å²) in [6, 6.07) is 7.67. The maximum Gasteiger partial charge on any atom is 0.181 e. The van der Waals surface area contributed by atoms with E-state index in [9.17, 15) is 0 Å². The first kappa shape index (κ1) is 13.0. The summed E-state index contributed by atoms with van der Waals surface area (Å²) < 4.78 is 9.48. The summed E-state index contributed by atoms with van der Waals surface area (Å²) in [4.78, 5) is 11.2. The lowest BCUT2D eigenvalue weighted by Gasteiger charge is -1.79. The van der Waals surface area contributed by atoms with Gasteiger partial charge in [-0.15, -0.1) is 11.3 Å². The maximum absolute atomic E-state index is 5.01. The molecule has 0 amide bonds. The zero-order valence-electron chi connectivity index (χ0n) is 9.92. The fraction of sp³-hybridized carbons (Fsp3) is 0. The molecule has 3 aromatic heterocycles. The van der Waals surface area contributed by atoms with Gasteiger partial charge in [0, 0.05) is 11.6 Å². The van der Waals surface area contributed by atoms with Gasteiger partial charge in [0.2, 0.25) is 0 Å². The molecule has 4 aromatic rings. The molecule has 0 bridgehead atoms. The van der Waals surface area contributed by atoms with Crippen LogP contribution in [0.3, 0.4) is 0 Å². The summed E-state index contributed by atoms with van der Waals surface area (Å²) in [7, 11) is 0. The van der Waals surface area contributed by atoms with Crippen molar-refractivity contribution in [2.75, 3.05) is 0 Å². The number of rotatable bonds is 0. The van der Waals surface area contributed by atoms with Crippen molar-refractivity contribution in [2.45, 2.75) is 0 Å². The van der Waals surface area contributed by atoms with E-state index in [1.54, 1.807) is 29.2 Å². The second kappa shape index (κ2) is 7.78. The van der Waals surface area contributed by atoms with Crippen molar-refractivity contribution in [3.8, 4) is 0 Å². The van der Waals surface area contributed by atoms with Crippen LogP contribution in [0.2, 0.25) is 0 Å². The summed E-state index contributed by atoms with van der Waals surface area (Å²) >= 11 is 1.60. The third-order valence-corrected chi connectivity index (χ3v) is 2.45. The molecule has 0 aliphatic carbocycles. The first-order chi connectivity index (χ1) is 9.47. The highest BCUT2D eigenvalue weighted by atomic mass is 32.1. The molecule has 0 fully saturated rings. The Labute approximate surface area is 113 Å². The van der Waals surface area contributed by atoms with Gasteiger partial charge in [0.25, 0.3) is 0 Å². The van der Waals surface area contributed by atoms with Crippen LogP contribution in [0, 0.1) is 0 Å². The molecule has 0 aliphatic heterocycles. The van der Waals surface area contributed by atoms with Crippen molar-refractivity contribution in [3.05, 3.63) is 66.6 Å². The monoisotopic (exact) mass is 273 g/mol. The Morgan fingerprint density at radius 2 is 1.95 bits per heavy atom. The smallest absolute Gasteiger partial charge is 0.181 e. The Hall–Kier alpha value is -2.47. The lowest BCUT2D eigenvalue weighted by Crippen LogP contribution is -1.61. The Kier molecular flexibility index (Phi) is 5.31. The van der Waals surface area contributed by atoms with Crippen molar-refractivity contribution >= 4 is 22.4 Å². The quantitative estimate of drug-likeness (QED) is 0.489. The lowest BCUT2D eigenvalue weighted by molar-refractivity contribution is 0.558. The zero-order chi connectivity index (χ0) is 13.2. The summed E-state index contributed by atoms with van der Waals surface area (Å²) in [6.45, 7) is 0. The van der Waals surface area contributed by atoms with Gasteiger partial charge in [-0.3, -0.25) is 4.98 Å². The molecule has 0 saturated heterocycles. The SMILES string of the molecule is c1ccc2ocnc2c1.c1cocn1.c1cscn1. The van der Waals surface area contributed by atoms with Crippen LogP contribution < -0.4 is 0 Å². The highest BCUT2D eigenvalue weighted by Gasteiger charge is 1.91. The predicted octanol–water partition coefficient (Wildman–Crippen LogP) is 3.65. The molecule has 0 N–H and O–H groups in total. The summed E-state index contributed by atoms with van der Waals surface area (Å²) in [5.41, 5.74) is 3.55. The summed E-state index contributed by atoms with van der Waals surface area (Å²) in [6.07, 6.45) is 7.69. The number of nitrogens with zero attached hydrogens (tertiary/aromatic N) is 3. The third kappa shape index (κ3) is 4.72. The van der Waals surface area contributed by atoms with E-state index in [-0.39, 0.29) is 0 Å². The molecule has 0 radical (unpaired) electrons. The number of para-hydroxylation sites is 2. The average Bonchev–Trinajstić information content (AvgIpc) is 3.22. The van der Waals surface area contributed by atoms with Gasteiger partial charge in [0.05, 0.1) is 11.7 Å². The lowest BCUT2D eigenvalue weighted by atomic mass is 10.3. The van der Waals surface area contributed by atoms with Gasteiger partial charge in [0.1, 0.15) is 11.8 Å². The number of hydrogen-bond donors (Lipinski definition) is 0. The van der Waals surface area contributed by atoms with E-state index in [1.165, 1.54) is 19.1 Å². The van der Waals surface area contributed by atoms with Gasteiger partial charge >= 0.3 is 0 Å². The van der Waals surface area contributed by atoms with Gasteiger partial charge in [0.15, 0.2) is 18.4 Å². The minimum absolute atomic E-state index is 0.845. The molecule has 0 unspecified atom stereocenters. The molecule has 0 spiro atoms. The second-order valence-electron chi connectivity index (χ2n) is 3.17. The number of fused-ring (bicyclic) bond motifs is 1. The van der Waals surface area contributed by atoms with Crippen LogP contribution in [0.15, 0.2) is 75.4 Å². The van der Waals surface area contributed by atoms with Crippen LogP contribution in [-0.4, -0.2) is 15.0 Å². The highest BCUT2D eigenvalue weighted by Crippen LogP contribution is 2.09. The van der Waals surface area contributed by atoms with E-state index < -0.39 is 0 Å². The van der Waals surface area contributed by atoms with Crippen LogP contribution in [0.25, 0.3) is 11.1 Å². The van der Waals surface area contributed by atoms with E-state index in [0.29, 0.717) is 0 Å². The Balaban J connectivity index is 0.000000114. The Morgan fingerprint density at radius 1 is 1.00 bits per heavy atom. The van der Waals surface area contributed by atoms with Crippen molar-refractivity contribution in [1.29, 1.82) is 0 Å². The van der Waals surface area contributed by atoms with E-state index in [2.05, 4.69) is 19.4 Å². The molecular weight excluding hydrogens is 262 g/mol. The summed E-state index contributed by atoms with van der Waals surface area (Å²) in [5, 5.41) is 1.93. The Bertz CT molecular complexity index is 557. The third-order valence-electron chi connectivity index (χ3n) is 1.93. The van der Waals surface area contributed by atoms with E-state index in [4.69, 9.17) is 4.42 Å². The van der Waals surface area contributed by atoms with Crippen molar-refractivity contribution in [2.24, 2.45) is 0 Å². The molecule has 19 heavy (non-hydrogen) atoms. The van der Waals surface area contributed by atoms with E-state index >= 15 is 0 Å². The predicted molar refractivity (Wildman–Crippen MR) is 72.6 cm³/mol. The molecule has 4 rings (SSSR count). The molecule has 6 heteroatoms. The van der Waals surface area contributed by atoms with Crippen LogP contribution in [0.4, 0.5) is 0 Å². The second-order valence-corrected chi connectivity index (χ2v) is 3.93. The van der Waals surface area contributed by atoms with E-state index in [0.717, 1.165) is 11.1 Å². The standard InChI is InChI=1S/C7H5NO.C3H3NO.C3H3NS/c1-2-4-7-6(3-1)8-5-9-7;2*1-2-5-3-4-1/h1-5H;2*1-3H.